The van der Waals surface area contributed by atoms with E-state index in [2.05, 4.69) is 15.4 Å². The Bertz CT molecular complexity index is 996. The van der Waals surface area contributed by atoms with Crippen molar-refractivity contribution in [2.75, 3.05) is 6.61 Å². The number of aliphatic hydroxyl groups excluding tert-OH is 3. The van der Waals surface area contributed by atoms with E-state index in [-0.39, 0.29) is 11.3 Å². The van der Waals surface area contributed by atoms with Crippen LogP contribution in [0.5, 0.6) is 0 Å². The number of rotatable bonds is 7. The van der Waals surface area contributed by atoms with E-state index >= 15 is 0 Å². The van der Waals surface area contributed by atoms with Crippen molar-refractivity contribution in [3.05, 3.63) is 64.0 Å². The molecule has 1 saturated heterocycles. The van der Waals surface area contributed by atoms with Crippen molar-refractivity contribution in [3.63, 3.8) is 0 Å². The highest BCUT2D eigenvalue weighted by atomic mass is 35.5. The zero-order valence-corrected chi connectivity index (χ0v) is 18.5. The van der Waals surface area contributed by atoms with E-state index in [1.165, 1.54) is 12.4 Å². The Morgan fingerprint density at radius 2 is 1.91 bits per heavy atom. The summed E-state index contributed by atoms with van der Waals surface area (Å²) in [5, 5.41) is 36.5. The molecule has 0 aliphatic carbocycles. The van der Waals surface area contributed by atoms with Crippen molar-refractivity contribution in [2.45, 2.75) is 34.7 Å². The van der Waals surface area contributed by atoms with Crippen molar-refractivity contribution in [1.82, 2.24) is 10.3 Å². The molecule has 1 aromatic carbocycles. The first-order valence-corrected chi connectivity index (χ1v) is 10.8. The normalized spacial score (nSPS) is 26.1. The molecular weight excluding hydrogens is 489 g/mol. The Kier molecular flexibility index (Phi) is 8.39. The summed E-state index contributed by atoms with van der Waals surface area (Å²) in [7, 11) is 0. The number of benzene rings is 1. The average Bonchev–Trinajstić information content (AvgIpc) is 2.76. The van der Waals surface area contributed by atoms with Crippen LogP contribution in [-0.2, 0) is 4.74 Å². The van der Waals surface area contributed by atoms with Gasteiger partial charge < -0.3 is 25.4 Å². The van der Waals surface area contributed by atoms with Crippen LogP contribution in [0.3, 0.4) is 0 Å². The van der Waals surface area contributed by atoms with Gasteiger partial charge in [-0.25, -0.2) is 14.3 Å². The Hall–Kier alpha value is -1.86. The first-order valence-electron chi connectivity index (χ1n) is 9.13. The van der Waals surface area contributed by atoms with Crippen LogP contribution in [0.4, 0.5) is 8.78 Å². The summed E-state index contributed by atoms with van der Waals surface area (Å²) in [4.78, 5) is 4.54. The number of aromatic nitrogens is 1. The molecule has 3 unspecified atom stereocenters. The molecule has 2 aromatic rings. The molecule has 1 fully saturated rings. The minimum atomic E-state index is -1.36. The molecule has 5 N–H and O–H groups in total. The summed E-state index contributed by atoms with van der Waals surface area (Å²) >= 11 is 12.5. The van der Waals surface area contributed by atoms with E-state index < -0.39 is 53.1 Å². The summed E-state index contributed by atoms with van der Waals surface area (Å²) in [6.45, 7) is -0.538. The van der Waals surface area contributed by atoms with E-state index in [9.17, 15) is 24.1 Å². The molecule has 0 bridgehead atoms. The first kappa shape index (κ1) is 24.8. The van der Waals surface area contributed by atoms with Crippen molar-refractivity contribution in [3.8, 4) is 0 Å². The highest BCUT2D eigenvalue weighted by Crippen LogP contribution is 2.34. The summed E-state index contributed by atoms with van der Waals surface area (Å²) < 4.78 is 33.2. The number of pyridine rings is 1. The molecule has 1 aromatic heterocycles. The maximum absolute atomic E-state index is 13.8. The van der Waals surface area contributed by atoms with Crippen molar-refractivity contribution in [2.24, 2.45) is 5.11 Å². The van der Waals surface area contributed by atoms with Gasteiger partial charge in [-0.15, -0.1) is 0 Å². The second-order valence-corrected chi connectivity index (χ2v) is 8.74. The van der Waals surface area contributed by atoms with E-state index in [0.29, 0.717) is 9.92 Å². The highest BCUT2D eigenvalue weighted by Gasteiger charge is 2.44. The van der Waals surface area contributed by atoms with Gasteiger partial charge in [0.15, 0.2) is 0 Å². The number of thioether (sulfide) groups is 1. The molecule has 0 saturated carbocycles. The van der Waals surface area contributed by atoms with Crippen molar-refractivity contribution >= 4 is 40.7 Å². The van der Waals surface area contributed by atoms with E-state index in [4.69, 9.17) is 33.5 Å². The second kappa shape index (κ2) is 10.8. The average molecular weight is 507 g/mol. The zero-order chi connectivity index (χ0) is 23.4. The molecule has 13 heteroatoms. The van der Waals surface area contributed by atoms with E-state index in [1.807, 2.05) is 0 Å². The maximum Gasteiger partial charge on any atom is 0.145 e. The van der Waals surface area contributed by atoms with Crippen LogP contribution < -0.4 is 5.32 Å². The number of ether oxygens (including phenoxy) is 1. The largest absolute Gasteiger partial charge is 0.394 e. The third kappa shape index (κ3) is 5.54. The van der Waals surface area contributed by atoms with Gasteiger partial charge in [-0.1, -0.05) is 35.0 Å². The molecule has 1 aliphatic heterocycles. The van der Waals surface area contributed by atoms with Gasteiger partial charge in [-0.05, 0) is 18.2 Å². The zero-order valence-electron chi connectivity index (χ0n) is 16.1. The molecule has 2 heterocycles. The highest BCUT2D eigenvalue weighted by molar-refractivity contribution is 7.99. The van der Waals surface area contributed by atoms with Gasteiger partial charge in [-0.3, -0.25) is 4.98 Å². The SMILES string of the molecule is N=N/C(=C\NC1C(O)[C@@H](Sc2cncc(Cl)c2)OC(CO)[C@@H]1O)c1cc(F)c(Cl)c(F)c1. The van der Waals surface area contributed by atoms with Gasteiger partial charge in [0.05, 0.1) is 17.7 Å². The summed E-state index contributed by atoms with van der Waals surface area (Å²) in [6.07, 6.45) is 0.359. The van der Waals surface area contributed by atoms with E-state index in [1.54, 1.807) is 6.07 Å². The van der Waals surface area contributed by atoms with Crippen molar-refractivity contribution < 1.29 is 28.8 Å². The van der Waals surface area contributed by atoms with Gasteiger partial charge in [-0.2, -0.15) is 5.11 Å². The standard InChI is InChI=1S/C19H18Cl2F2N4O4S/c20-9-3-10(5-25-4-9)32-19-18(30)16(17(29)14(7-28)31-19)26-6-13(27-24)8-1-11(22)15(21)12(23)2-8/h1-6,14,16-19,24,26,28-30H,7H2/b13-6-,27-24?/t14?,16?,17-,18?,19+/m0/s1. The molecular formula is C19H18Cl2F2N4O4S. The smallest absolute Gasteiger partial charge is 0.145 e. The molecule has 0 radical (unpaired) electrons. The summed E-state index contributed by atoms with van der Waals surface area (Å²) in [6, 6.07) is 2.32. The second-order valence-electron chi connectivity index (χ2n) is 6.75. The fraction of sp³-hybridized carbons (Fsp3) is 0.316. The van der Waals surface area contributed by atoms with E-state index in [0.717, 1.165) is 30.1 Å². The summed E-state index contributed by atoms with van der Waals surface area (Å²) in [5.74, 6) is -2.07. The Morgan fingerprint density at radius 3 is 2.50 bits per heavy atom. The van der Waals surface area contributed by atoms with Gasteiger partial charge in [0.2, 0.25) is 0 Å². The molecule has 32 heavy (non-hydrogen) atoms. The lowest BCUT2D eigenvalue weighted by molar-refractivity contribution is -0.164. The minimum Gasteiger partial charge on any atom is -0.394 e. The number of hydrogen-bond donors (Lipinski definition) is 5. The maximum atomic E-state index is 13.8. The monoisotopic (exact) mass is 506 g/mol. The number of nitrogens with one attached hydrogen (secondary N) is 2. The van der Waals surface area contributed by atoms with Crippen molar-refractivity contribution in [1.29, 1.82) is 5.53 Å². The lowest BCUT2D eigenvalue weighted by atomic mass is 9.97. The first-order chi connectivity index (χ1) is 15.2. The van der Waals surface area contributed by atoms with Crippen LogP contribution in [0.2, 0.25) is 10.0 Å². The van der Waals surface area contributed by atoms with Gasteiger partial charge in [0, 0.05) is 29.1 Å². The molecule has 0 spiro atoms. The van der Waals surface area contributed by atoms with Crippen LogP contribution in [0.15, 0.2) is 46.8 Å². The number of halogens is 4. The third-order valence-electron chi connectivity index (χ3n) is 4.63. The predicted molar refractivity (Wildman–Crippen MR) is 114 cm³/mol. The fourth-order valence-corrected chi connectivity index (χ4v) is 4.47. The Labute approximate surface area is 195 Å². The Balaban J connectivity index is 1.84. The lowest BCUT2D eigenvalue weighted by Gasteiger charge is -2.42. The fourth-order valence-electron chi connectivity index (χ4n) is 3.03. The predicted octanol–water partition coefficient (Wildman–Crippen LogP) is 3.19. The number of hydrogen-bond acceptors (Lipinski definition) is 9. The van der Waals surface area contributed by atoms with Crippen LogP contribution in [0.1, 0.15) is 5.56 Å². The molecule has 0 amide bonds. The number of aliphatic hydroxyl groups is 3. The Morgan fingerprint density at radius 1 is 1.22 bits per heavy atom. The van der Waals surface area contributed by atoms with Crippen LogP contribution >= 0.6 is 35.0 Å². The lowest BCUT2D eigenvalue weighted by Crippen LogP contribution is -2.61. The molecule has 8 nitrogen and oxygen atoms in total. The van der Waals surface area contributed by atoms with Gasteiger partial charge >= 0.3 is 0 Å². The van der Waals surface area contributed by atoms with Gasteiger partial charge in [0.25, 0.3) is 0 Å². The molecule has 1 aliphatic rings. The topological polar surface area (TPSA) is 131 Å². The third-order valence-corrected chi connectivity index (χ3v) is 6.31. The van der Waals surface area contributed by atoms with Crippen LogP contribution in [-0.4, -0.2) is 56.7 Å². The minimum absolute atomic E-state index is 0.0856. The molecule has 172 valence electrons. The summed E-state index contributed by atoms with van der Waals surface area (Å²) in [5.41, 5.74) is 6.12. The van der Waals surface area contributed by atoms with Crippen LogP contribution in [0.25, 0.3) is 5.70 Å². The quantitative estimate of drug-likeness (QED) is 0.287. The molecule has 3 rings (SSSR count). The molecule has 5 atom stereocenters. The van der Waals surface area contributed by atoms with Crippen LogP contribution in [0, 0.1) is 17.2 Å². The number of nitrogens with zero attached hydrogens (tertiary/aromatic N) is 2. The van der Waals surface area contributed by atoms with Gasteiger partial charge in [0.1, 0.15) is 46.1 Å².